The maximum Gasteiger partial charge on any atom is 0.231 e. The van der Waals surface area contributed by atoms with E-state index < -0.39 is 6.10 Å². The highest BCUT2D eigenvalue weighted by atomic mass is 16.7. The molecule has 0 aliphatic carbocycles. The molecule has 6 heteroatoms. The lowest BCUT2D eigenvalue weighted by Crippen LogP contribution is -2.38. The summed E-state index contributed by atoms with van der Waals surface area (Å²) in [5.41, 5.74) is 0.808. The largest absolute Gasteiger partial charge is 0.454 e. The first-order chi connectivity index (χ1) is 9.83. The van der Waals surface area contributed by atoms with Gasteiger partial charge in [0.15, 0.2) is 11.5 Å². The van der Waals surface area contributed by atoms with Crippen molar-refractivity contribution in [3.05, 3.63) is 23.8 Å². The molecular weight excluding hydrogens is 262 g/mol. The van der Waals surface area contributed by atoms with Crippen LogP contribution in [0.2, 0.25) is 0 Å². The molecule has 0 bridgehead atoms. The molecule has 2 aliphatic rings. The van der Waals surface area contributed by atoms with Crippen LogP contribution in [-0.2, 0) is 9.47 Å². The summed E-state index contributed by atoms with van der Waals surface area (Å²) in [4.78, 5) is 0. The van der Waals surface area contributed by atoms with Crippen LogP contribution in [0.25, 0.3) is 0 Å². The van der Waals surface area contributed by atoms with Gasteiger partial charge in [-0.1, -0.05) is 6.07 Å². The Bertz CT molecular complexity index is 447. The molecule has 2 heterocycles. The first-order valence-corrected chi connectivity index (χ1v) is 6.80. The number of aliphatic hydroxyl groups excluding tert-OH is 1. The van der Waals surface area contributed by atoms with E-state index in [1.165, 1.54) is 0 Å². The lowest BCUT2D eigenvalue weighted by Gasteiger charge is -2.23. The lowest BCUT2D eigenvalue weighted by molar-refractivity contribution is -0.0868. The molecule has 2 atom stereocenters. The van der Waals surface area contributed by atoms with E-state index in [2.05, 4.69) is 5.32 Å². The molecule has 0 spiro atoms. The van der Waals surface area contributed by atoms with Crippen LogP contribution in [0.1, 0.15) is 11.7 Å². The predicted molar refractivity (Wildman–Crippen MR) is 71.0 cm³/mol. The molecule has 110 valence electrons. The van der Waals surface area contributed by atoms with E-state index in [9.17, 15) is 5.11 Å². The van der Waals surface area contributed by atoms with Crippen molar-refractivity contribution in [2.24, 2.45) is 0 Å². The number of rotatable bonds is 5. The predicted octanol–water partition coefficient (Wildman–Crippen LogP) is 0.454. The number of ether oxygens (including phenoxy) is 4. The maximum absolute atomic E-state index is 10.2. The highest BCUT2D eigenvalue weighted by molar-refractivity contribution is 5.45. The molecule has 0 radical (unpaired) electrons. The second-order valence-electron chi connectivity index (χ2n) is 4.85. The summed E-state index contributed by atoms with van der Waals surface area (Å²) < 4.78 is 21.4. The van der Waals surface area contributed by atoms with Gasteiger partial charge in [-0.25, -0.2) is 0 Å². The molecule has 0 amide bonds. The summed E-state index contributed by atoms with van der Waals surface area (Å²) in [6.45, 7) is 3.27. The zero-order chi connectivity index (χ0) is 13.8. The van der Waals surface area contributed by atoms with E-state index in [0.717, 1.165) is 11.3 Å². The Morgan fingerprint density at radius 3 is 3.00 bits per heavy atom. The van der Waals surface area contributed by atoms with Gasteiger partial charge in [0.05, 0.1) is 32.0 Å². The van der Waals surface area contributed by atoms with Crippen molar-refractivity contribution in [3.63, 3.8) is 0 Å². The van der Waals surface area contributed by atoms with Gasteiger partial charge >= 0.3 is 0 Å². The third-order valence-electron chi connectivity index (χ3n) is 3.38. The van der Waals surface area contributed by atoms with Gasteiger partial charge in [0.2, 0.25) is 6.79 Å². The van der Waals surface area contributed by atoms with Gasteiger partial charge < -0.3 is 29.4 Å². The summed E-state index contributed by atoms with van der Waals surface area (Å²) in [5.74, 6) is 1.41. The molecule has 2 unspecified atom stereocenters. The summed E-state index contributed by atoms with van der Waals surface area (Å²) >= 11 is 0. The van der Waals surface area contributed by atoms with Crippen molar-refractivity contribution in [2.75, 3.05) is 39.7 Å². The van der Waals surface area contributed by atoms with Gasteiger partial charge in [-0.3, -0.25) is 0 Å². The van der Waals surface area contributed by atoms with Crippen molar-refractivity contribution < 1.29 is 24.1 Å². The summed E-state index contributed by atoms with van der Waals surface area (Å²) in [5, 5.41) is 13.3. The molecule has 0 aromatic heterocycles. The van der Waals surface area contributed by atoms with Crippen molar-refractivity contribution in [3.8, 4) is 11.5 Å². The third kappa shape index (κ3) is 3.21. The molecule has 1 aromatic carbocycles. The second-order valence-corrected chi connectivity index (χ2v) is 4.85. The maximum atomic E-state index is 10.2. The quantitative estimate of drug-likeness (QED) is 0.817. The molecule has 2 aliphatic heterocycles. The fourth-order valence-electron chi connectivity index (χ4n) is 2.27. The van der Waals surface area contributed by atoms with Crippen molar-refractivity contribution >= 4 is 0 Å². The summed E-state index contributed by atoms with van der Waals surface area (Å²) in [6, 6.07) is 5.48. The molecule has 1 fully saturated rings. The van der Waals surface area contributed by atoms with Crippen LogP contribution in [-0.4, -0.2) is 50.9 Å². The first-order valence-electron chi connectivity index (χ1n) is 6.80. The van der Waals surface area contributed by atoms with Crippen molar-refractivity contribution in [2.45, 2.75) is 12.2 Å². The van der Waals surface area contributed by atoms with Crippen LogP contribution in [0.4, 0.5) is 0 Å². The van der Waals surface area contributed by atoms with E-state index in [-0.39, 0.29) is 12.9 Å². The topological polar surface area (TPSA) is 69.2 Å². The van der Waals surface area contributed by atoms with Crippen molar-refractivity contribution in [1.82, 2.24) is 5.32 Å². The Hall–Kier alpha value is -1.34. The summed E-state index contributed by atoms with van der Waals surface area (Å²) in [6.07, 6.45) is -0.526. The Morgan fingerprint density at radius 2 is 2.15 bits per heavy atom. The Balaban J connectivity index is 1.47. The number of benzene rings is 1. The normalized spacial score (nSPS) is 22.8. The van der Waals surface area contributed by atoms with E-state index in [0.29, 0.717) is 38.7 Å². The number of hydrogen-bond donors (Lipinski definition) is 2. The van der Waals surface area contributed by atoms with Gasteiger partial charge in [-0.15, -0.1) is 0 Å². The second kappa shape index (κ2) is 6.41. The summed E-state index contributed by atoms with van der Waals surface area (Å²) in [7, 11) is 0. The minimum Gasteiger partial charge on any atom is -0.454 e. The molecule has 2 N–H and O–H groups in total. The number of nitrogens with one attached hydrogen (secondary N) is 1. The molecule has 6 nitrogen and oxygen atoms in total. The molecule has 1 aromatic rings. The Labute approximate surface area is 117 Å². The molecule has 20 heavy (non-hydrogen) atoms. The van der Waals surface area contributed by atoms with Crippen LogP contribution in [0.3, 0.4) is 0 Å². The van der Waals surface area contributed by atoms with Crippen LogP contribution >= 0.6 is 0 Å². The Morgan fingerprint density at radius 1 is 1.25 bits per heavy atom. The van der Waals surface area contributed by atoms with E-state index in [1.54, 1.807) is 0 Å². The van der Waals surface area contributed by atoms with Crippen molar-refractivity contribution in [1.29, 1.82) is 0 Å². The third-order valence-corrected chi connectivity index (χ3v) is 3.38. The monoisotopic (exact) mass is 281 g/mol. The highest BCUT2D eigenvalue weighted by Crippen LogP contribution is 2.34. The number of fused-ring (bicyclic) bond motifs is 1. The minimum absolute atomic E-state index is 0.0627. The van der Waals surface area contributed by atoms with E-state index >= 15 is 0 Å². The highest BCUT2D eigenvalue weighted by Gasteiger charge is 2.18. The zero-order valence-corrected chi connectivity index (χ0v) is 11.2. The van der Waals surface area contributed by atoms with Crippen LogP contribution < -0.4 is 14.8 Å². The zero-order valence-electron chi connectivity index (χ0n) is 11.2. The van der Waals surface area contributed by atoms with Gasteiger partial charge in [-0.2, -0.15) is 0 Å². The molecule has 0 saturated carbocycles. The number of aliphatic hydroxyl groups is 1. The van der Waals surface area contributed by atoms with Gasteiger partial charge in [-0.05, 0) is 17.7 Å². The molecule has 3 rings (SSSR count). The molecular formula is C14H19NO5. The van der Waals surface area contributed by atoms with Gasteiger partial charge in [0.1, 0.15) is 0 Å². The Kier molecular flexibility index (Phi) is 4.37. The number of hydrogen-bond acceptors (Lipinski definition) is 6. The van der Waals surface area contributed by atoms with Gasteiger partial charge in [0, 0.05) is 13.1 Å². The minimum atomic E-state index is -0.589. The fourth-order valence-corrected chi connectivity index (χ4v) is 2.27. The van der Waals surface area contributed by atoms with E-state index in [4.69, 9.17) is 18.9 Å². The lowest BCUT2D eigenvalue weighted by atomic mass is 10.1. The average molecular weight is 281 g/mol. The van der Waals surface area contributed by atoms with Crippen LogP contribution in [0.15, 0.2) is 18.2 Å². The average Bonchev–Trinajstić information content (AvgIpc) is 2.95. The standard InChI is InChI=1S/C14H19NO5/c16-12(7-15-6-11-8-17-3-4-18-11)10-1-2-13-14(5-10)20-9-19-13/h1-2,5,11-12,15-16H,3-4,6-9H2. The smallest absolute Gasteiger partial charge is 0.231 e. The van der Waals surface area contributed by atoms with E-state index in [1.807, 2.05) is 18.2 Å². The van der Waals surface area contributed by atoms with Gasteiger partial charge in [0.25, 0.3) is 0 Å². The fraction of sp³-hybridized carbons (Fsp3) is 0.571. The van der Waals surface area contributed by atoms with Crippen LogP contribution in [0.5, 0.6) is 11.5 Å². The SMILES string of the molecule is OC(CNCC1COCCO1)c1ccc2c(c1)OCO2. The van der Waals surface area contributed by atoms with Crippen LogP contribution in [0, 0.1) is 0 Å². The molecule has 1 saturated heterocycles. The first kappa shape index (κ1) is 13.6.